The molecule has 0 saturated carbocycles. The van der Waals surface area contributed by atoms with Crippen molar-refractivity contribution in [2.45, 2.75) is 19.3 Å². The Morgan fingerprint density at radius 1 is 1.12 bits per heavy atom. The summed E-state index contributed by atoms with van der Waals surface area (Å²) < 4.78 is 0. The summed E-state index contributed by atoms with van der Waals surface area (Å²) in [5.74, 6) is -1.48. The second-order valence-electron chi connectivity index (χ2n) is 6.44. The summed E-state index contributed by atoms with van der Waals surface area (Å²) >= 11 is 0. The highest BCUT2D eigenvalue weighted by Gasteiger charge is 2.46. The number of nitrogens with zero attached hydrogens (tertiary/aromatic N) is 1. The van der Waals surface area contributed by atoms with E-state index in [2.05, 4.69) is 10.6 Å². The molecule has 1 aromatic rings. The maximum Gasteiger partial charge on any atom is 0.251 e. The molecule has 1 aromatic carbocycles. The average molecular weight is 355 g/mol. The molecule has 2 atom stereocenters. The van der Waals surface area contributed by atoms with Gasteiger partial charge in [-0.25, -0.2) is 0 Å². The van der Waals surface area contributed by atoms with E-state index in [0.717, 1.165) is 0 Å². The lowest BCUT2D eigenvalue weighted by Crippen LogP contribution is -2.34. The van der Waals surface area contributed by atoms with Crippen LogP contribution in [0.4, 0.5) is 5.69 Å². The minimum absolute atomic E-state index is 0.0224. The highest BCUT2D eigenvalue weighted by molar-refractivity contribution is 6.06. The second kappa shape index (κ2) is 7.51. The van der Waals surface area contributed by atoms with Gasteiger partial charge in [-0.2, -0.15) is 0 Å². The van der Waals surface area contributed by atoms with Gasteiger partial charge in [-0.3, -0.25) is 24.1 Å². The van der Waals surface area contributed by atoms with E-state index < -0.39 is 0 Å². The Labute approximate surface area is 151 Å². The van der Waals surface area contributed by atoms with Gasteiger partial charge in [-0.1, -0.05) is 18.2 Å². The van der Waals surface area contributed by atoms with Crippen LogP contribution in [0.3, 0.4) is 0 Å². The summed E-state index contributed by atoms with van der Waals surface area (Å²) in [5, 5.41) is 5.22. The molecule has 1 heterocycles. The van der Waals surface area contributed by atoms with Gasteiger partial charge in [0.15, 0.2) is 0 Å². The first-order chi connectivity index (χ1) is 12.5. The summed E-state index contributed by atoms with van der Waals surface area (Å²) in [7, 11) is 1.53. The third kappa shape index (κ3) is 3.51. The topological polar surface area (TPSA) is 95.6 Å². The van der Waals surface area contributed by atoms with E-state index in [-0.39, 0.29) is 48.4 Å². The summed E-state index contributed by atoms with van der Waals surface area (Å²) in [4.78, 5) is 49.8. The Morgan fingerprint density at radius 3 is 2.38 bits per heavy atom. The highest BCUT2D eigenvalue weighted by atomic mass is 16.2. The molecule has 0 radical (unpaired) electrons. The largest absolute Gasteiger partial charge is 0.355 e. The van der Waals surface area contributed by atoms with Gasteiger partial charge in [0.05, 0.1) is 11.8 Å². The lowest BCUT2D eigenvalue weighted by Gasteiger charge is -2.14. The molecule has 2 aliphatic rings. The first kappa shape index (κ1) is 17.8. The number of fused-ring (bicyclic) bond motifs is 1. The minimum atomic E-state index is -0.312. The highest BCUT2D eigenvalue weighted by Crippen LogP contribution is 2.35. The van der Waals surface area contributed by atoms with Crippen molar-refractivity contribution in [1.82, 2.24) is 10.2 Å². The van der Waals surface area contributed by atoms with Crippen molar-refractivity contribution in [3.05, 3.63) is 42.0 Å². The zero-order chi connectivity index (χ0) is 18.7. The van der Waals surface area contributed by atoms with Gasteiger partial charge in [0.25, 0.3) is 5.91 Å². The lowest BCUT2D eigenvalue weighted by molar-refractivity contribution is -0.140. The van der Waals surface area contributed by atoms with E-state index >= 15 is 0 Å². The Balaban J connectivity index is 1.57. The zero-order valence-electron chi connectivity index (χ0n) is 14.5. The second-order valence-corrected chi connectivity index (χ2v) is 6.44. The number of likely N-dealkylation sites (tertiary alicyclic amines) is 1. The van der Waals surface area contributed by atoms with Crippen molar-refractivity contribution >= 4 is 29.3 Å². The van der Waals surface area contributed by atoms with Crippen LogP contribution >= 0.6 is 0 Å². The summed E-state index contributed by atoms with van der Waals surface area (Å²) in [6.45, 7) is 0.0750. The number of carbonyl (C=O) groups is 4. The maximum atomic E-state index is 12.4. The number of hydrogen-bond acceptors (Lipinski definition) is 4. The SMILES string of the molecule is CNC(=O)c1cccc(NC(=O)CCN2C(=O)[C@H]3CC=CC[C@@H]3C2=O)c1. The average Bonchev–Trinajstić information content (AvgIpc) is 2.90. The van der Waals surface area contributed by atoms with E-state index in [1.807, 2.05) is 12.2 Å². The van der Waals surface area contributed by atoms with E-state index in [0.29, 0.717) is 24.1 Å². The molecule has 0 spiro atoms. The number of amides is 4. The molecule has 1 saturated heterocycles. The van der Waals surface area contributed by atoms with Gasteiger partial charge < -0.3 is 10.6 Å². The van der Waals surface area contributed by atoms with Crippen LogP contribution in [0.5, 0.6) is 0 Å². The first-order valence-corrected chi connectivity index (χ1v) is 8.63. The van der Waals surface area contributed by atoms with Gasteiger partial charge in [0.2, 0.25) is 17.7 Å². The number of carbonyl (C=O) groups excluding carboxylic acids is 4. The van der Waals surface area contributed by atoms with Crippen LogP contribution in [0, 0.1) is 11.8 Å². The number of nitrogens with one attached hydrogen (secondary N) is 2. The summed E-state index contributed by atoms with van der Waals surface area (Å²) in [6.07, 6.45) is 5.06. The fourth-order valence-electron chi connectivity index (χ4n) is 3.41. The van der Waals surface area contributed by atoms with Crippen LogP contribution in [-0.2, 0) is 14.4 Å². The van der Waals surface area contributed by atoms with Crippen LogP contribution in [0.25, 0.3) is 0 Å². The Morgan fingerprint density at radius 2 is 1.77 bits per heavy atom. The normalized spacial score (nSPS) is 21.5. The molecule has 1 aliphatic carbocycles. The molecule has 0 bridgehead atoms. The van der Waals surface area contributed by atoms with Crippen LogP contribution in [0.1, 0.15) is 29.6 Å². The van der Waals surface area contributed by atoms with Crippen LogP contribution < -0.4 is 10.6 Å². The van der Waals surface area contributed by atoms with Crippen molar-refractivity contribution in [1.29, 1.82) is 0 Å². The van der Waals surface area contributed by atoms with E-state index in [1.165, 1.54) is 11.9 Å². The van der Waals surface area contributed by atoms with Crippen LogP contribution in [0.15, 0.2) is 36.4 Å². The van der Waals surface area contributed by atoms with Crippen molar-refractivity contribution in [2.75, 3.05) is 18.9 Å². The number of hydrogen-bond donors (Lipinski definition) is 2. The summed E-state index contributed by atoms with van der Waals surface area (Å²) in [6, 6.07) is 6.57. The third-order valence-corrected chi connectivity index (χ3v) is 4.80. The molecule has 0 aromatic heterocycles. The minimum Gasteiger partial charge on any atom is -0.355 e. The number of benzene rings is 1. The molecule has 1 aliphatic heterocycles. The lowest BCUT2D eigenvalue weighted by atomic mass is 9.85. The van der Waals surface area contributed by atoms with E-state index in [9.17, 15) is 19.2 Å². The molecule has 3 rings (SSSR count). The van der Waals surface area contributed by atoms with Gasteiger partial charge in [0, 0.05) is 31.3 Å². The molecule has 26 heavy (non-hydrogen) atoms. The quantitative estimate of drug-likeness (QED) is 0.615. The predicted molar refractivity (Wildman–Crippen MR) is 95.2 cm³/mol. The molecular formula is C19H21N3O4. The van der Waals surface area contributed by atoms with Gasteiger partial charge in [-0.05, 0) is 31.0 Å². The maximum absolute atomic E-state index is 12.4. The van der Waals surface area contributed by atoms with Crippen molar-refractivity contribution in [3.63, 3.8) is 0 Å². The molecule has 1 fully saturated rings. The van der Waals surface area contributed by atoms with Crippen LogP contribution in [0.2, 0.25) is 0 Å². The molecule has 2 N–H and O–H groups in total. The number of imide groups is 1. The standard InChI is InChI=1S/C19H21N3O4/c1-20-17(24)12-5-4-6-13(11-12)21-16(23)9-10-22-18(25)14-7-2-3-8-15(14)19(22)26/h2-6,11,14-15H,7-10H2,1H3,(H,20,24)(H,21,23)/t14-,15-/m0/s1. The van der Waals surface area contributed by atoms with E-state index in [4.69, 9.17) is 0 Å². The Kier molecular flexibility index (Phi) is 5.16. The molecule has 136 valence electrons. The number of allylic oxidation sites excluding steroid dienone is 2. The first-order valence-electron chi connectivity index (χ1n) is 8.63. The third-order valence-electron chi connectivity index (χ3n) is 4.80. The Hall–Kier alpha value is -2.96. The fraction of sp³-hybridized carbons (Fsp3) is 0.368. The molecule has 7 heteroatoms. The van der Waals surface area contributed by atoms with Crippen molar-refractivity contribution < 1.29 is 19.2 Å². The molecular weight excluding hydrogens is 334 g/mol. The Bertz CT molecular complexity index is 761. The zero-order valence-corrected chi connectivity index (χ0v) is 14.5. The molecule has 7 nitrogen and oxygen atoms in total. The summed E-state index contributed by atoms with van der Waals surface area (Å²) in [5.41, 5.74) is 0.930. The van der Waals surface area contributed by atoms with Gasteiger partial charge in [0.1, 0.15) is 0 Å². The molecule has 0 unspecified atom stereocenters. The predicted octanol–water partition coefficient (Wildman–Crippen LogP) is 1.33. The monoisotopic (exact) mass is 355 g/mol. The number of anilines is 1. The smallest absolute Gasteiger partial charge is 0.251 e. The van der Waals surface area contributed by atoms with E-state index in [1.54, 1.807) is 24.3 Å². The van der Waals surface area contributed by atoms with Gasteiger partial charge in [-0.15, -0.1) is 0 Å². The molecule has 4 amide bonds. The van der Waals surface area contributed by atoms with Crippen molar-refractivity contribution in [2.24, 2.45) is 11.8 Å². The fourth-order valence-corrected chi connectivity index (χ4v) is 3.41. The van der Waals surface area contributed by atoms with Crippen molar-refractivity contribution in [3.8, 4) is 0 Å². The van der Waals surface area contributed by atoms with Gasteiger partial charge >= 0.3 is 0 Å². The van der Waals surface area contributed by atoms with Crippen LogP contribution in [-0.4, -0.2) is 42.1 Å². The number of rotatable bonds is 5.